The summed E-state index contributed by atoms with van der Waals surface area (Å²) < 4.78 is 0. The molecule has 2 aromatic heterocycles. The zero-order valence-corrected chi connectivity index (χ0v) is 16.9. The molecule has 0 atom stereocenters. The monoisotopic (exact) mass is 397 g/mol. The number of likely N-dealkylation sites (tertiary alicyclic amines) is 2. The normalized spacial score (nSPS) is 20.9. The van der Waals surface area contributed by atoms with E-state index in [9.17, 15) is 4.79 Å². The second-order valence-electron chi connectivity index (χ2n) is 8.17. The summed E-state index contributed by atoms with van der Waals surface area (Å²) in [6.45, 7) is 5.82. The Morgan fingerprint density at radius 1 is 1.04 bits per heavy atom. The number of nitrogens with one attached hydrogen (secondary N) is 2. The van der Waals surface area contributed by atoms with Crippen molar-refractivity contribution in [1.82, 2.24) is 24.8 Å². The van der Waals surface area contributed by atoms with Crippen LogP contribution < -0.4 is 5.69 Å². The van der Waals surface area contributed by atoms with Crippen LogP contribution in [-0.2, 0) is 6.54 Å². The minimum atomic E-state index is -0.122. The summed E-state index contributed by atoms with van der Waals surface area (Å²) in [5, 5.41) is 0. The number of fused-ring (bicyclic) bond motifs is 1. The van der Waals surface area contributed by atoms with Crippen molar-refractivity contribution in [3.8, 4) is 0 Å². The highest BCUT2D eigenvalue weighted by molar-refractivity contribution is 7.09. The lowest BCUT2D eigenvalue weighted by Gasteiger charge is -2.41. The van der Waals surface area contributed by atoms with Gasteiger partial charge in [-0.3, -0.25) is 9.88 Å². The van der Waals surface area contributed by atoms with Crippen LogP contribution in [0.5, 0.6) is 0 Å². The number of piperidine rings is 2. The zero-order chi connectivity index (χ0) is 18.9. The van der Waals surface area contributed by atoms with Crippen molar-refractivity contribution in [1.29, 1.82) is 0 Å². The predicted molar refractivity (Wildman–Crippen MR) is 113 cm³/mol. The molecule has 0 aliphatic carbocycles. The number of hydrogen-bond acceptors (Lipinski definition) is 5. The Hall–Kier alpha value is -1.96. The highest BCUT2D eigenvalue weighted by atomic mass is 32.1. The van der Waals surface area contributed by atoms with Gasteiger partial charge < -0.3 is 14.9 Å². The first-order valence-electron chi connectivity index (χ1n) is 10.3. The summed E-state index contributed by atoms with van der Waals surface area (Å²) in [7, 11) is 0. The smallest absolute Gasteiger partial charge is 0.306 e. The van der Waals surface area contributed by atoms with Crippen LogP contribution in [-0.4, -0.2) is 57.0 Å². The van der Waals surface area contributed by atoms with E-state index in [2.05, 4.69) is 36.9 Å². The predicted octanol–water partition coefficient (Wildman–Crippen LogP) is 3.16. The van der Waals surface area contributed by atoms with Gasteiger partial charge in [0.1, 0.15) is 0 Å². The average Bonchev–Trinajstić information content (AvgIpc) is 3.36. The molecule has 5 rings (SSSR count). The van der Waals surface area contributed by atoms with E-state index in [1.165, 1.54) is 62.3 Å². The number of thiazole rings is 1. The van der Waals surface area contributed by atoms with E-state index in [0.717, 1.165) is 23.6 Å². The highest BCUT2D eigenvalue weighted by Gasteiger charge is 2.29. The molecule has 2 saturated heterocycles. The van der Waals surface area contributed by atoms with Crippen molar-refractivity contribution in [3.63, 3.8) is 0 Å². The maximum absolute atomic E-state index is 11.5. The van der Waals surface area contributed by atoms with Crippen LogP contribution in [0.4, 0.5) is 0 Å². The number of aromatic nitrogens is 3. The van der Waals surface area contributed by atoms with Crippen LogP contribution >= 0.6 is 11.3 Å². The number of nitrogens with zero attached hydrogens (tertiary/aromatic N) is 3. The molecular formula is C21H27N5OS. The van der Waals surface area contributed by atoms with Gasteiger partial charge in [0, 0.05) is 36.8 Å². The second kappa shape index (κ2) is 7.81. The molecule has 4 heterocycles. The van der Waals surface area contributed by atoms with Crippen molar-refractivity contribution < 1.29 is 0 Å². The lowest BCUT2D eigenvalue weighted by atomic mass is 9.88. The first kappa shape index (κ1) is 18.1. The molecule has 0 bridgehead atoms. The molecule has 2 N–H and O–H groups in total. The minimum absolute atomic E-state index is 0.122. The molecule has 2 aliphatic heterocycles. The van der Waals surface area contributed by atoms with E-state index in [4.69, 9.17) is 0 Å². The van der Waals surface area contributed by atoms with Gasteiger partial charge >= 0.3 is 5.69 Å². The number of rotatable bonds is 4. The molecule has 6 nitrogen and oxygen atoms in total. The third-order valence-corrected chi connectivity index (χ3v) is 7.24. The maximum atomic E-state index is 11.5. The van der Waals surface area contributed by atoms with Crippen molar-refractivity contribution in [2.75, 3.05) is 26.2 Å². The van der Waals surface area contributed by atoms with Gasteiger partial charge in [-0.15, -0.1) is 11.3 Å². The van der Waals surface area contributed by atoms with Gasteiger partial charge in [0.25, 0.3) is 0 Å². The summed E-state index contributed by atoms with van der Waals surface area (Å²) in [6.07, 6.45) is 6.98. The van der Waals surface area contributed by atoms with Gasteiger partial charge in [-0.2, -0.15) is 0 Å². The van der Waals surface area contributed by atoms with E-state index < -0.39 is 0 Å². The lowest BCUT2D eigenvalue weighted by Crippen LogP contribution is -2.47. The summed E-state index contributed by atoms with van der Waals surface area (Å²) in [4.78, 5) is 28.1. The Morgan fingerprint density at radius 2 is 1.82 bits per heavy atom. The van der Waals surface area contributed by atoms with Crippen molar-refractivity contribution in [2.45, 2.75) is 44.2 Å². The Labute approximate surface area is 168 Å². The van der Waals surface area contributed by atoms with E-state index in [0.29, 0.717) is 5.92 Å². The molecule has 1 aromatic carbocycles. The van der Waals surface area contributed by atoms with Gasteiger partial charge in [0.15, 0.2) is 0 Å². The molecule has 28 heavy (non-hydrogen) atoms. The van der Waals surface area contributed by atoms with Crippen molar-refractivity contribution in [3.05, 3.63) is 50.8 Å². The number of imidazole rings is 1. The fraction of sp³-hybridized carbons (Fsp3) is 0.524. The number of H-pyrrole nitrogens is 2. The van der Waals surface area contributed by atoms with Crippen molar-refractivity contribution >= 4 is 22.4 Å². The molecule has 0 unspecified atom stereocenters. The van der Waals surface area contributed by atoms with Gasteiger partial charge in [-0.1, -0.05) is 6.07 Å². The van der Waals surface area contributed by atoms with Crippen LogP contribution in [0.2, 0.25) is 0 Å². The number of aromatic amines is 2. The Bertz CT molecular complexity index is 962. The Morgan fingerprint density at radius 3 is 2.57 bits per heavy atom. The average molecular weight is 398 g/mol. The quantitative estimate of drug-likeness (QED) is 0.710. The molecule has 2 aliphatic rings. The largest absolute Gasteiger partial charge is 0.323 e. The molecule has 3 aromatic rings. The highest BCUT2D eigenvalue weighted by Crippen LogP contribution is 2.31. The fourth-order valence-electron chi connectivity index (χ4n) is 4.89. The van der Waals surface area contributed by atoms with Crippen LogP contribution in [0, 0.1) is 0 Å². The first-order chi connectivity index (χ1) is 13.7. The SMILES string of the molecule is O=c1[nH]c2ccc(C3CCN(C4CCN(Cc5cncs5)CC4)CC3)cc2[nH]1. The van der Waals surface area contributed by atoms with E-state index >= 15 is 0 Å². The summed E-state index contributed by atoms with van der Waals surface area (Å²) in [5.74, 6) is 0.602. The van der Waals surface area contributed by atoms with Gasteiger partial charge in [-0.05, 0) is 62.4 Å². The summed E-state index contributed by atoms with van der Waals surface area (Å²) in [6, 6.07) is 7.12. The third kappa shape index (κ3) is 3.79. The topological polar surface area (TPSA) is 68.0 Å². The summed E-state index contributed by atoms with van der Waals surface area (Å²) >= 11 is 1.76. The first-order valence-corrected chi connectivity index (χ1v) is 11.2. The number of hydrogen-bond donors (Lipinski definition) is 2. The van der Waals surface area contributed by atoms with Crippen LogP contribution in [0.3, 0.4) is 0 Å². The number of benzene rings is 1. The molecule has 0 spiro atoms. The Balaban J connectivity index is 1.14. The lowest BCUT2D eigenvalue weighted by molar-refractivity contribution is 0.0849. The second-order valence-corrected chi connectivity index (χ2v) is 9.14. The van der Waals surface area contributed by atoms with E-state index in [1.807, 2.05) is 17.8 Å². The van der Waals surface area contributed by atoms with E-state index in [-0.39, 0.29) is 5.69 Å². The van der Waals surface area contributed by atoms with Crippen LogP contribution in [0.25, 0.3) is 11.0 Å². The van der Waals surface area contributed by atoms with E-state index in [1.54, 1.807) is 11.3 Å². The fourth-order valence-corrected chi connectivity index (χ4v) is 5.52. The molecule has 0 amide bonds. The standard InChI is InChI=1S/C21H27N5OS/c27-21-23-19-2-1-16(11-20(19)24-21)15-3-9-26(10-4-15)17-5-7-25(8-6-17)13-18-12-22-14-28-18/h1-2,11-12,14-15,17H,3-10,13H2,(H2,23,24,27). The van der Waals surface area contributed by atoms with Crippen LogP contribution in [0.1, 0.15) is 42.0 Å². The third-order valence-electron chi connectivity index (χ3n) is 6.48. The molecule has 7 heteroatoms. The Kier molecular flexibility index (Phi) is 5.05. The molecular weight excluding hydrogens is 370 g/mol. The molecule has 2 fully saturated rings. The van der Waals surface area contributed by atoms with Crippen LogP contribution in [0.15, 0.2) is 34.7 Å². The summed E-state index contributed by atoms with van der Waals surface area (Å²) in [5.41, 5.74) is 5.00. The minimum Gasteiger partial charge on any atom is -0.306 e. The van der Waals surface area contributed by atoms with Crippen molar-refractivity contribution in [2.24, 2.45) is 0 Å². The maximum Gasteiger partial charge on any atom is 0.323 e. The molecule has 148 valence electrons. The van der Waals surface area contributed by atoms with Gasteiger partial charge in [0.2, 0.25) is 0 Å². The van der Waals surface area contributed by atoms with Gasteiger partial charge in [0.05, 0.1) is 16.5 Å². The molecule has 0 saturated carbocycles. The van der Waals surface area contributed by atoms with Gasteiger partial charge in [-0.25, -0.2) is 4.79 Å². The zero-order valence-electron chi connectivity index (χ0n) is 16.1. The molecule has 0 radical (unpaired) electrons.